The number of unbranched alkanes of at least 4 members (excludes halogenated alkanes) is 1. The van der Waals surface area contributed by atoms with Crippen molar-refractivity contribution in [2.75, 3.05) is 13.2 Å². The molecule has 0 rings (SSSR count). The standard InChI is InChI=1S/C14H28O2/c1-5-14(4,16-6-2)11-8-7-9-13(3)10-12-15/h10,15H,5-9,11-12H2,1-4H3. The van der Waals surface area contributed by atoms with Crippen LogP contribution >= 0.6 is 0 Å². The second kappa shape index (κ2) is 8.77. The van der Waals surface area contributed by atoms with E-state index in [-0.39, 0.29) is 12.2 Å². The molecule has 0 aromatic rings. The maximum atomic E-state index is 8.73. The molecule has 96 valence electrons. The van der Waals surface area contributed by atoms with E-state index in [2.05, 4.69) is 27.7 Å². The summed E-state index contributed by atoms with van der Waals surface area (Å²) in [5.41, 5.74) is 1.35. The van der Waals surface area contributed by atoms with Gasteiger partial charge in [0.15, 0.2) is 0 Å². The largest absolute Gasteiger partial charge is 0.392 e. The van der Waals surface area contributed by atoms with E-state index in [4.69, 9.17) is 9.84 Å². The van der Waals surface area contributed by atoms with Crippen LogP contribution in [0.15, 0.2) is 11.6 Å². The molecule has 1 atom stereocenters. The van der Waals surface area contributed by atoms with Crippen molar-refractivity contribution in [2.24, 2.45) is 0 Å². The molecule has 0 bridgehead atoms. The van der Waals surface area contributed by atoms with Crippen LogP contribution in [-0.4, -0.2) is 23.9 Å². The van der Waals surface area contributed by atoms with Gasteiger partial charge in [0.25, 0.3) is 0 Å². The predicted molar refractivity (Wildman–Crippen MR) is 69.6 cm³/mol. The van der Waals surface area contributed by atoms with Gasteiger partial charge in [-0.15, -0.1) is 0 Å². The molecule has 0 aliphatic rings. The first kappa shape index (κ1) is 15.7. The maximum Gasteiger partial charge on any atom is 0.0651 e. The zero-order chi connectivity index (χ0) is 12.4. The lowest BCUT2D eigenvalue weighted by molar-refractivity contribution is -0.0352. The molecule has 2 heteroatoms. The Balaban J connectivity index is 3.75. The highest BCUT2D eigenvalue weighted by Gasteiger charge is 2.20. The molecule has 1 N–H and O–H groups in total. The fourth-order valence-electron chi connectivity index (χ4n) is 1.86. The minimum absolute atomic E-state index is 0.0589. The summed E-state index contributed by atoms with van der Waals surface area (Å²) in [7, 11) is 0. The van der Waals surface area contributed by atoms with Crippen LogP contribution in [0.5, 0.6) is 0 Å². The second-order valence-electron chi connectivity index (χ2n) is 4.68. The molecule has 0 saturated heterocycles. The number of hydrogen-bond donors (Lipinski definition) is 1. The maximum absolute atomic E-state index is 8.73. The highest BCUT2D eigenvalue weighted by atomic mass is 16.5. The number of allylic oxidation sites excluding steroid dienone is 1. The molecule has 0 aliphatic heterocycles. The Morgan fingerprint density at radius 1 is 1.31 bits per heavy atom. The molecule has 0 amide bonds. The van der Waals surface area contributed by atoms with E-state index in [0.717, 1.165) is 25.9 Å². The molecule has 2 nitrogen and oxygen atoms in total. The zero-order valence-electron chi connectivity index (χ0n) is 11.4. The van der Waals surface area contributed by atoms with Gasteiger partial charge in [-0.25, -0.2) is 0 Å². The van der Waals surface area contributed by atoms with E-state index in [1.165, 1.54) is 18.4 Å². The van der Waals surface area contributed by atoms with Gasteiger partial charge < -0.3 is 9.84 Å². The average molecular weight is 228 g/mol. The summed E-state index contributed by atoms with van der Waals surface area (Å²) in [6.07, 6.45) is 7.57. The van der Waals surface area contributed by atoms with Crippen LogP contribution in [0.4, 0.5) is 0 Å². The van der Waals surface area contributed by atoms with Crippen LogP contribution in [0.25, 0.3) is 0 Å². The lowest BCUT2D eigenvalue weighted by Crippen LogP contribution is -2.27. The first-order chi connectivity index (χ1) is 7.58. The predicted octanol–water partition coefficient (Wildman–Crippen LogP) is 3.69. The fourth-order valence-corrected chi connectivity index (χ4v) is 1.86. The Hall–Kier alpha value is -0.340. The van der Waals surface area contributed by atoms with Crippen LogP contribution < -0.4 is 0 Å². The first-order valence-corrected chi connectivity index (χ1v) is 6.48. The summed E-state index contributed by atoms with van der Waals surface area (Å²) in [6.45, 7) is 9.49. The Labute approximate surface area is 101 Å². The lowest BCUT2D eigenvalue weighted by Gasteiger charge is -2.28. The molecule has 0 aromatic carbocycles. The van der Waals surface area contributed by atoms with Crippen LogP contribution in [0, 0.1) is 0 Å². The Kier molecular flexibility index (Phi) is 8.58. The Morgan fingerprint density at radius 2 is 2.00 bits per heavy atom. The number of hydrogen-bond acceptors (Lipinski definition) is 2. The number of aliphatic hydroxyl groups excluding tert-OH is 1. The van der Waals surface area contributed by atoms with Crippen LogP contribution in [-0.2, 0) is 4.74 Å². The van der Waals surface area contributed by atoms with Gasteiger partial charge in [-0.2, -0.15) is 0 Å². The molecule has 0 saturated carbocycles. The molecule has 0 heterocycles. The second-order valence-corrected chi connectivity index (χ2v) is 4.68. The molecule has 0 aromatic heterocycles. The van der Waals surface area contributed by atoms with Crippen molar-refractivity contribution in [3.05, 3.63) is 11.6 Å². The van der Waals surface area contributed by atoms with Crippen molar-refractivity contribution >= 4 is 0 Å². The number of rotatable bonds is 9. The number of aliphatic hydroxyl groups is 1. The van der Waals surface area contributed by atoms with Crippen LogP contribution in [0.2, 0.25) is 0 Å². The summed E-state index contributed by atoms with van der Waals surface area (Å²) in [5.74, 6) is 0. The van der Waals surface area contributed by atoms with Crippen molar-refractivity contribution in [3.63, 3.8) is 0 Å². The topological polar surface area (TPSA) is 29.5 Å². The van der Waals surface area contributed by atoms with Gasteiger partial charge in [0.1, 0.15) is 0 Å². The van der Waals surface area contributed by atoms with Gasteiger partial charge in [-0.3, -0.25) is 0 Å². The summed E-state index contributed by atoms with van der Waals surface area (Å²) in [5, 5.41) is 8.73. The molecule has 0 fully saturated rings. The molecule has 0 radical (unpaired) electrons. The minimum atomic E-state index is 0.0589. The van der Waals surface area contributed by atoms with Gasteiger partial charge in [-0.1, -0.05) is 25.0 Å². The SMILES string of the molecule is CCOC(C)(CC)CCCCC(C)=CCO. The number of ether oxygens (including phenoxy) is 1. The monoisotopic (exact) mass is 228 g/mol. The molecule has 1 unspecified atom stereocenters. The van der Waals surface area contributed by atoms with Crippen molar-refractivity contribution in [1.29, 1.82) is 0 Å². The van der Waals surface area contributed by atoms with E-state index in [9.17, 15) is 0 Å². The van der Waals surface area contributed by atoms with E-state index in [1.807, 2.05) is 6.08 Å². The quantitative estimate of drug-likeness (QED) is 0.482. The van der Waals surface area contributed by atoms with Gasteiger partial charge in [0.2, 0.25) is 0 Å². The molecular weight excluding hydrogens is 200 g/mol. The van der Waals surface area contributed by atoms with Crippen molar-refractivity contribution in [3.8, 4) is 0 Å². The molecule has 16 heavy (non-hydrogen) atoms. The third-order valence-electron chi connectivity index (χ3n) is 3.21. The summed E-state index contributed by atoms with van der Waals surface area (Å²) in [4.78, 5) is 0. The van der Waals surface area contributed by atoms with E-state index >= 15 is 0 Å². The molecule has 0 spiro atoms. The summed E-state index contributed by atoms with van der Waals surface area (Å²) in [6, 6.07) is 0. The summed E-state index contributed by atoms with van der Waals surface area (Å²) < 4.78 is 5.78. The smallest absolute Gasteiger partial charge is 0.0651 e. The minimum Gasteiger partial charge on any atom is -0.392 e. The zero-order valence-corrected chi connectivity index (χ0v) is 11.4. The molecular formula is C14H28O2. The van der Waals surface area contributed by atoms with Gasteiger partial charge >= 0.3 is 0 Å². The third kappa shape index (κ3) is 7.02. The van der Waals surface area contributed by atoms with Crippen molar-refractivity contribution < 1.29 is 9.84 Å². The Bertz CT molecular complexity index is 199. The van der Waals surface area contributed by atoms with Gasteiger partial charge in [0.05, 0.1) is 12.2 Å². The summed E-state index contributed by atoms with van der Waals surface area (Å²) >= 11 is 0. The van der Waals surface area contributed by atoms with E-state index in [1.54, 1.807) is 0 Å². The van der Waals surface area contributed by atoms with Crippen LogP contribution in [0.1, 0.15) is 59.8 Å². The molecule has 0 aliphatic carbocycles. The highest BCUT2D eigenvalue weighted by molar-refractivity contribution is 4.97. The van der Waals surface area contributed by atoms with E-state index in [0.29, 0.717) is 0 Å². The normalized spacial score (nSPS) is 16.2. The third-order valence-corrected chi connectivity index (χ3v) is 3.21. The van der Waals surface area contributed by atoms with Gasteiger partial charge in [-0.05, 0) is 46.5 Å². The Morgan fingerprint density at radius 3 is 2.50 bits per heavy atom. The average Bonchev–Trinajstić information content (AvgIpc) is 2.25. The lowest BCUT2D eigenvalue weighted by atomic mass is 9.94. The fraction of sp³-hybridized carbons (Fsp3) is 0.857. The van der Waals surface area contributed by atoms with Crippen molar-refractivity contribution in [1.82, 2.24) is 0 Å². The van der Waals surface area contributed by atoms with Crippen LogP contribution in [0.3, 0.4) is 0 Å². The van der Waals surface area contributed by atoms with Crippen molar-refractivity contribution in [2.45, 2.75) is 65.4 Å². The highest BCUT2D eigenvalue weighted by Crippen LogP contribution is 2.23. The van der Waals surface area contributed by atoms with Gasteiger partial charge in [0, 0.05) is 6.61 Å². The van der Waals surface area contributed by atoms with E-state index < -0.39 is 0 Å². The first-order valence-electron chi connectivity index (χ1n) is 6.48.